The van der Waals surface area contributed by atoms with Gasteiger partial charge in [0.25, 0.3) is 5.91 Å². The molecule has 8 heteroatoms. The van der Waals surface area contributed by atoms with Crippen molar-refractivity contribution in [1.82, 2.24) is 15.2 Å². The minimum Gasteiger partial charge on any atom is -0.497 e. The number of carbonyl (C=O) groups excluding carboxylic acids is 2. The Hall–Kier alpha value is -3.13. The molecule has 0 spiro atoms. The molecule has 2 amide bonds. The van der Waals surface area contributed by atoms with Crippen LogP contribution in [0, 0.1) is 5.92 Å². The molecule has 1 aliphatic carbocycles. The highest BCUT2D eigenvalue weighted by Crippen LogP contribution is 2.39. The molecule has 0 unspecified atom stereocenters. The summed E-state index contributed by atoms with van der Waals surface area (Å²) < 4.78 is 11.9. The van der Waals surface area contributed by atoms with Gasteiger partial charge in [0.05, 0.1) is 25.3 Å². The fourth-order valence-electron chi connectivity index (χ4n) is 4.72. The molecule has 0 saturated heterocycles. The molecule has 0 bridgehead atoms. The van der Waals surface area contributed by atoms with Crippen LogP contribution in [0.2, 0.25) is 0 Å². The maximum absolute atomic E-state index is 13.7. The average molecular weight is 496 g/mol. The Morgan fingerprint density at radius 3 is 2.54 bits per heavy atom. The third-order valence-corrected chi connectivity index (χ3v) is 7.85. The van der Waals surface area contributed by atoms with Crippen LogP contribution in [0.5, 0.6) is 11.5 Å². The van der Waals surface area contributed by atoms with Crippen molar-refractivity contribution in [2.45, 2.75) is 38.5 Å². The van der Waals surface area contributed by atoms with Gasteiger partial charge in [-0.25, -0.2) is 0 Å². The first kappa shape index (κ1) is 25.0. The number of hydrogen-bond acceptors (Lipinski definition) is 6. The molecule has 1 aliphatic rings. The van der Waals surface area contributed by atoms with E-state index in [4.69, 9.17) is 9.47 Å². The molecule has 0 aliphatic heterocycles. The number of rotatable bonds is 9. The molecule has 35 heavy (non-hydrogen) atoms. The van der Waals surface area contributed by atoms with Crippen molar-refractivity contribution in [3.05, 3.63) is 41.5 Å². The molecule has 7 nitrogen and oxygen atoms in total. The Kier molecular flexibility index (Phi) is 8.23. The monoisotopic (exact) mass is 495 g/mol. The third kappa shape index (κ3) is 5.93. The minimum atomic E-state index is -0.0552. The summed E-state index contributed by atoms with van der Waals surface area (Å²) in [5, 5.41) is 3.61. The van der Waals surface area contributed by atoms with E-state index in [-0.39, 0.29) is 11.8 Å². The number of nitrogens with zero attached hydrogens (tertiary/aromatic N) is 2. The van der Waals surface area contributed by atoms with E-state index in [0.29, 0.717) is 41.8 Å². The fourth-order valence-corrected chi connectivity index (χ4v) is 5.86. The molecule has 1 fully saturated rings. The SMILES string of the molecule is CNC(=O)CCN(CC1CCCCC1)C(=O)c1cc2cc(OC)cc(-c3cncc(OC)c3)c2s1. The van der Waals surface area contributed by atoms with Crippen LogP contribution in [-0.4, -0.2) is 56.1 Å². The quantitative estimate of drug-likeness (QED) is 0.445. The van der Waals surface area contributed by atoms with Crippen LogP contribution in [0.1, 0.15) is 48.2 Å². The van der Waals surface area contributed by atoms with E-state index in [0.717, 1.165) is 34.1 Å². The number of amides is 2. The minimum absolute atomic E-state index is 0.0191. The lowest BCUT2D eigenvalue weighted by Crippen LogP contribution is -2.38. The summed E-state index contributed by atoms with van der Waals surface area (Å²) in [7, 11) is 4.88. The van der Waals surface area contributed by atoms with E-state index < -0.39 is 0 Å². The van der Waals surface area contributed by atoms with Crippen LogP contribution in [0.25, 0.3) is 21.2 Å². The van der Waals surface area contributed by atoms with Gasteiger partial charge in [0, 0.05) is 48.6 Å². The number of benzene rings is 1. The molecular weight excluding hydrogens is 462 g/mol. The van der Waals surface area contributed by atoms with Crippen LogP contribution < -0.4 is 14.8 Å². The summed E-state index contributed by atoms with van der Waals surface area (Å²) in [5.74, 6) is 1.80. The molecule has 0 atom stereocenters. The van der Waals surface area contributed by atoms with Crippen molar-refractivity contribution in [3.8, 4) is 22.6 Å². The van der Waals surface area contributed by atoms with Gasteiger partial charge < -0.3 is 19.7 Å². The second-order valence-electron chi connectivity index (χ2n) is 9.00. The summed E-state index contributed by atoms with van der Waals surface area (Å²) in [6, 6.07) is 7.79. The van der Waals surface area contributed by atoms with Gasteiger partial charge in [-0.15, -0.1) is 11.3 Å². The first-order valence-corrected chi connectivity index (χ1v) is 12.9. The summed E-state index contributed by atoms with van der Waals surface area (Å²) in [6.45, 7) is 1.11. The first-order chi connectivity index (χ1) is 17.0. The van der Waals surface area contributed by atoms with Gasteiger partial charge in [0.2, 0.25) is 5.91 Å². The molecule has 1 aromatic carbocycles. The number of nitrogens with one attached hydrogen (secondary N) is 1. The lowest BCUT2D eigenvalue weighted by molar-refractivity contribution is -0.120. The zero-order valence-corrected chi connectivity index (χ0v) is 21.5. The maximum Gasteiger partial charge on any atom is 0.263 e. The zero-order valence-electron chi connectivity index (χ0n) is 20.6. The number of ether oxygens (including phenoxy) is 2. The molecule has 3 aromatic rings. The molecular formula is C27H33N3O4S. The van der Waals surface area contributed by atoms with Crippen LogP contribution >= 0.6 is 11.3 Å². The number of fused-ring (bicyclic) bond motifs is 1. The maximum atomic E-state index is 13.7. The molecule has 1 saturated carbocycles. The second-order valence-corrected chi connectivity index (χ2v) is 10.0. The molecule has 2 heterocycles. The van der Waals surface area contributed by atoms with E-state index >= 15 is 0 Å². The highest BCUT2D eigenvalue weighted by molar-refractivity contribution is 7.21. The summed E-state index contributed by atoms with van der Waals surface area (Å²) in [5.41, 5.74) is 1.84. The topological polar surface area (TPSA) is 80.8 Å². The average Bonchev–Trinajstić information content (AvgIpc) is 3.34. The predicted molar refractivity (Wildman–Crippen MR) is 139 cm³/mol. The van der Waals surface area contributed by atoms with E-state index in [1.165, 1.54) is 30.6 Å². The van der Waals surface area contributed by atoms with Crippen molar-refractivity contribution >= 4 is 33.2 Å². The van der Waals surface area contributed by atoms with Crippen LogP contribution in [-0.2, 0) is 4.79 Å². The number of methoxy groups -OCH3 is 2. The van der Waals surface area contributed by atoms with Crippen molar-refractivity contribution in [3.63, 3.8) is 0 Å². The smallest absolute Gasteiger partial charge is 0.263 e. The van der Waals surface area contributed by atoms with Gasteiger partial charge in [-0.05, 0) is 48.4 Å². The molecule has 4 rings (SSSR count). The lowest BCUT2D eigenvalue weighted by atomic mass is 9.89. The van der Waals surface area contributed by atoms with Crippen molar-refractivity contribution < 1.29 is 19.1 Å². The Labute approximate surface area is 210 Å². The van der Waals surface area contributed by atoms with E-state index in [1.54, 1.807) is 33.7 Å². The Morgan fingerprint density at radius 2 is 1.83 bits per heavy atom. The molecule has 2 aromatic heterocycles. The van der Waals surface area contributed by atoms with Gasteiger partial charge in [-0.3, -0.25) is 14.6 Å². The Morgan fingerprint density at radius 1 is 1.06 bits per heavy atom. The highest BCUT2D eigenvalue weighted by Gasteiger charge is 2.24. The molecule has 186 valence electrons. The normalized spacial score (nSPS) is 14.0. The van der Waals surface area contributed by atoms with Crippen molar-refractivity contribution in [2.75, 3.05) is 34.4 Å². The third-order valence-electron chi connectivity index (χ3n) is 6.67. The number of carbonyl (C=O) groups is 2. The molecule has 0 radical (unpaired) electrons. The largest absolute Gasteiger partial charge is 0.497 e. The predicted octanol–water partition coefficient (Wildman–Crippen LogP) is 5.14. The fraction of sp³-hybridized carbons (Fsp3) is 0.444. The number of hydrogen-bond donors (Lipinski definition) is 1. The summed E-state index contributed by atoms with van der Waals surface area (Å²) in [4.78, 5) is 32.5. The van der Waals surface area contributed by atoms with E-state index in [2.05, 4.69) is 10.3 Å². The van der Waals surface area contributed by atoms with Crippen LogP contribution in [0.15, 0.2) is 36.7 Å². The van der Waals surface area contributed by atoms with E-state index in [1.807, 2.05) is 29.2 Å². The standard InChI is InChI=1S/C27H33N3O4S/c1-28-25(31)9-10-30(17-18-7-5-4-6-8-18)27(32)24-13-19-11-21(33-2)14-23(26(19)35-24)20-12-22(34-3)16-29-15-20/h11-16,18H,4-10,17H2,1-3H3,(H,28,31). The highest BCUT2D eigenvalue weighted by atomic mass is 32.1. The van der Waals surface area contributed by atoms with Gasteiger partial charge in [-0.1, -0.05) is 19.3 Å². The molecule has 1 N–H and O–H groups in total. The number of aromatic nitrogens is 1. The number of pyridine rings is 1. The lowest BCUT2D eigenvalue weighted by Gasteiger charge is -2.29. The summed E-state index contributed by atoms with van der Waals surface area (Å²) >= 11 is 1.47. The van der Waals surface area contributed by atoms with Gasteiger partial charge in [0.15, 0.2) is 0 Å². The van der Waals surface area contributed by atoms with Crippen molar-refractivity contribution in [1.29, 1.82) is 0 Å². The van der Waals surface area contributed by atoms with Crippen molar-refractivity contribution in [2.24, 2.45) is 5.92 Å². The van der Waals surface area contributed by atoms with Gasteiger partial charge in [0.1, 0.15) is 11.5 Å². The van der Waals surface area contributed by atoms with Crippen LogP contribution in [0.3, 0.4) is 0 Å². The summed E-state index contributed by atoms with van der Waals surface area (Å²) in [6.07, 6.45) is 9.72. The Balaban J connectivity index is 1.69. The van der Waals surface area contributed by atoms with Gasteiger partial charge in [-0.2, -0.15) is 0 Å². The zero-order chi connectivity index (χ0) is 24.8. The van der Waals surface area contributed by atoms with Crippen LogP contribution in [0.4, 0.5) is 0 Å². The van der Waals surface area contributed by atoms with E-state index in [9.17, 15) is 9.59 Å². The second kappa shape index (κ2) is 11.5. The Bertz CT molecular complexity index is 1190. The first-order valence-electron chi connectivity index (χ1n) is 12.1. The van der Waals surface area contributed by atoms with Gasteiger partial charge >= 0.3 is 0 Å². The number of thiophene rings is 1.